The molecule has 0 spiro atoms. The fourth-order valence-corrected chi connectivity index (χ4v) is 1.44. The molecule has 0 saturated heterocycles. The van der Waals surface area contributed by atoms with Crippen LogP contribution in [-0.4, -0.2) is 5.78 Å². The third-order valence-corrected chi connectivity index (χ3v) is 2.88. The number of carbonyl (C=O) groups excluding carboxylic acids is 1. The zero-order chi connectivity index (χ0) is 10.6. The van der Waals surface area contributed by atoms with Crippen LogP contribution in [0.15, 0.2) is 22.7 Å². The Labute approximate surface area is 96.6 Å². The molecule has 72 valence electrons. The van der Waals surface area contributed by atoms with Crippen molar-refractivity contribution >= 4 is 33.3 Å². The van der Waals surface area contributed by atoms with E-state index in [0.717, 1.165) is 4.47 Å². The van der Waals surface area contributed by atoms with Crippen molar-refractivity contribution in [3.05, 3.63) is 33.3 Å². The average Bonchev–Trinajstić information content (AvgIpc) is 2.18. The minimum Gasteiger partial charge on any atom is -0.293 e. The van der Waals surface area contributed by atoms with Gasteiger partial charge in [0.05, 0.1) is 11.4 Å². The number of hydrogen-bond donors (Lipinski definition) is 0. The van der Waals surface area contributed by atoms with Gasteiger partial charge in [0, 0.05) is 10.0 Å². The quantitative estimate of drug-likeness (QED) is 0.592. The highest BCUT2D eigenvalue weighted by atomic mass is 79.9. The third-order valence-electron chi connectivity index (χ3n) is 1.67. The van der Waals surface area contributed by atoms with Gasteiger partial charge in [-0.25, -0.2) is 0 Å². The van der Waals surface area contributed by atoms with Gasteiger partial charge in [0.25, 0.3) is 0 Å². The van der Waals surface area contributed by atoms with Gasteiger partial charge in [0.1, 0.15) is 0 Å². The Morgan fingerprint density at radius 3 is 2.86 bits per heavy atom. The summed E-state index contributed by atoms with van der Waals surface area (Å²) in [6.45, 7) is 1.71. The van der Waals surface area contributed by atoms with Crippen molar-refractivity contribution in [2.24, 2.45) is 0 Å². The van der Waals surface area contributed by atoms with Crippen LogP contribution in [0.25, 0.3) is 0 Å². The van der Waals surface area contributed by atoms with Crippen LogP contribution in [0.3, 0.4) is 0 Å². The van der Waals surface area contributed by atoms with Crippen LogP contribution in [0, 0.1) is 11.8 Å². The van der Waals surface area contributed by atoms with Crippen LogP contribution in [-0.2, 0) is 0 Å². The van der Waals surface area contributed by atoms with E-state index in [1.165, 1.54) is 0 Å². The molecule has 0 N–H and O–H groups in total. The van der Waals surface area contributed by atoms with Gasteiger partial charge in [0.2, 0.25) is 0 Å². The number of hydrogen-bond acceptors (Lipinski definition) is 1. The second-order valence-electron chi connectivity index (χ2n) is 2.66. The predicted molar refractivity (Wildman–Crippen MR) is 61.5 cm³/mol. The second kappa shape index (κ2) is 5.19. The molecule has 1 aromatic carbocycles. The predicted octanol–water partition coefficient (Wildman–Crippen LogP) is 3.70. The molecule has 1 rings (SSSR count). The lowest BCUT2D eigenvalue weighted by atomic mass is 10.1. The summed E-state index contributed by atoms with van der Waals surface area (Å²) in [6.07, 6.45) is 0.255. The first kappa shape index (κ1) is 11.3. The molecule has 1 nitrogen and oxygen atoms in total. The van der Waals surface area contributed by atoms with Crippen LogP contribution >= 0.6 is 27.5 Å². The molecule has 0 bridgehead atoms. The lowest BCUT2D eigenvalue weighted by molar-refractivity contribution is 0.0998. The molecular formula is C11H8BrClO. The summed E-state index contributed by atoms with van der Waals surface area (Å²) < 4.78 is 0.731. The summed E-state index contributed by atoms with van der Waals surface area (Å²) in [4.78, 5) is 11.5. The Bertz CT molecular complexity index is 415. The number of ketones is 1. The molecule has 0 radical (unpaired) electrons. The first-order valence-electron chi connectivity index (χ1n) is 4.03. The summed E-state index contributed by atoms with van der Waals surface area (Å²) in [5, 5.41) is 0.600. The largest absolute Gasteiger partial charge is 0.293 e. The monoisotopic (exact) mass is 270 g/mol. The van der Waals surface area contributed by atoms with Crippen LogP contribution in [0.4, 0.5) is 0 Å². The van der Waals surface area contributed by atoms with Crippen LogP contribution < -0.4 is 0 Å². The number of carbonyl (C=O) groups is 1. The molecule has 0 saturated carbocycles. The fraction of sp³-hybridized carbons (Fsp3) is 0.182. The molecule has 1 aromatic rings. The van der Waals surface area contributed by atoms with Crippen LogP contribution in [0.2, 0.25) is 5.02 Å². The topological polar surface area (TPSA) is 17.1 Å². The minimum atomic E-state index is 0.0108. The molecule has 0 aliphatic carbocycles. The lowest BCUT2D eigenvalue weighted by Crippen LogP contribution is -1.96. The van der Waals surface area contributed by atoms with E-state index in [0.29, 0.717) is 10.6 Å². The van der Waals surface area contributed by atoms with E-state index in [-0.39, 0.29) is 12.2 Å². The number of halogens is 2. The van der Waals surface area contributed by atoms with E-state index < -0.39 is 0 Å². The van der Waals surface area contributed by atoms with E-state index in [9.17, 15) is 4.79 Å². The van der Waals surface area contributed by atoms with Gasteiger partial charge < -0.3 is 0 Å². The number of Topliss-reactive ketones (excluding diaryl/α,β-unsaturated/α-hetero) is 1. The summed E-state index contributed by atoms with van der Waals surface area (Å²) in [5.41, 5.74) is 0.629. The van der Waals surface area contributed by atoms with E-state index >= 15 is 0 Å². The first-order valence-corrected chi connectivity index (χ1v) is 5.20. The van der Waals surface area contributed by atoms with Crippen molar-refractivity contribution in [2.75, 3.05) is 0 Å². The Morgan fingerprint density at radius 1 is 1.57 bits per heavy atom. The normalized spacial score (nSPS) is 9.07. The molecule has 0 atom stereocenters. The molecular weight excluding hydrogens is 263 g/mol. The molecule has 3 heteroatoms. The highest BCUT2D eigenvalue weighted by molar-refractivity contribution is 9.10. The fourth-order valence-electron chi connectivity index (χ4n) is 0.940. The Morgan fingerprint density at radius 2 is 2.29 bits per heavy atom. The minimum absolute atomic E-state index is 0.0108. The first-order chi connectivity index (χ1) is 6.65. The lowest BCUT2D eigenvalue weighted by Gasteiger charge is -1.99. The van der Waals surface area contributed by atoms with Crippen LogP contribution in [0.5, 0.6) is 0 Å². The van der Waals surface area contributed by atoms with Crippen molar-refractivity contribution in [2.45, 2.75) is 13.3 Å². The molecule has 0 heterocycles. The highest BCUT2D eigenvalue weighted by Crippen LogP contribution is 2.23. The summed E-state index contributed by atoms with van der Waals surface area (Å²) in [5.74, 6) is 5.43. The Kier molecular flexibility index (Phi) is 4.19. The molecule has 14 heavy (non-hydrogen) atoms. The van der Waals surface area contributed by atoms with Crippen LogP contribution in [0.1, 0.15) is 23.7 Å². The molecule has 0 unspecified atom stereocenters. The van der Waals surface area contributed by atoms with Gasteiger partial charge >= 0.3 is 0 Å². The van der Waals surface area contributed by atoms with Crippen molar-refractivity contribution in [1.82, 2.24) is 0 Å². The van der Waals surface area contributed by atoms with Crippen molar-refractivity contribution in [3.8, 4) is 11.8 Å². The Hall–Kier alpha value is -0.780. The smallest absolute Gasteiger partial charge is 0.174 e. The summed E-state index contributed by atoms with van der Waals surface area (Å²) >= 11 is 9.07. The van der Waals surface area contributed by atoms with Gasteiger partial charge in [0.15, 0.2) is 5.78 Å². The molecule has 0 aliphatic heterocycles. The van der Waals surface area contributed by atoms with Gasteiger partial charge in [-0.1, -0.05) is 17.5 Å². The maximum atomic E-state index is 11.5. The summed E-state index contributed by atoms with van der Waals surface area (Å²) in [6, 6.07) is 5.10. The van der Waals surface area contributed by atoms with Crippen molar-refractivity contribution in [3.63, 3.8) is 0 Å². The van der Waals surface area contributed by atoms with E-state index in [1.54, 1.807) is 25.1 Å². The molecule has 0 fully saturated rings. The Balaban J connectivity index is 2.89. The van der Waals surface area contributed by atoms with E-state index in [1.807, 2.05) is 0 Å². The maximum absolute atomic E-state index is 11.5. The highest BCUT2D eigenvalue weighted by Gasteiger charge is 2.05. The third kappa shape index (κ3) is 2.87. The second-order valence-corrected chi connectivity index (χ2v) is 3.92. The zero-order valence-electron chi connectivity index (χ0n) is 7.60. The van der Waals surface area contributed by atoms with Gasteiger partial charge in [-0.15, -0.1) is 5.92 Å². The van der Waals surface area contributed by atoms with Gasteiger partial charge in [-0.2, -0.15) is 0 Å². The van der Waals surface area contributed by atoms with Gasteiger partial charge in [-0.05, 0) is 41.1 Å². The molecule has 0 amide bonds. The molecule has 0 aromatic heterocycles. The van der Waals surface area contributed by atoms with E-state index in [4.69, 9.17) is 11.6 Å². The standard InChI is InChI=1S/C11H8BrClO/c1-2-3-4-11(14)8-5-6-10(13)9(12)7-8/h5-7H,4H2,1H3. The average molecular weight is 272 g/mol. The number of rotatable bonds is 2. The van der Waals surface area contributed by atoms with E-state index in [2.05, 4.69) is 27.8 Å². The number of benzene rings is 1. The molecule has 0 aliphatic rings. The van der Waals surface area contributed by atoms with Crippen molar-refractivity contribution < 1.29 is 4.79 Å². The van der Waals surface area contributed by atoms with Crippen molar-refractivity contribution in [1.29, 1.82) is 0 Å². The SMILES string of the molecule is CC#CCC(=O)c1ccc(Cl)c(Br)c1. The summed E-state index contributed by atoms with van der Waals surface area (Å²) in [7, 11) is 0. The zero-order valence-corrected chi connectivity index (χ0v) is 9.95. The maximum Gasteiger partial charge on any atom is 0.174 e. The van der Waals surface area contributed by atoms with Gasteiger partial charge in [-0.3, -0.25) is 4.79 Å².